The van der Waals surface area contributed by atoms with Crippen molar-refractivity contribution in [3.05, 3.63) is 56.7 Å². The summed E-state index contributed by atoms with van der Waals surface area (Å²) >= 11 is 7.24. The molecule has 2 atom stereocenters. The number of aliphatic hydroxyl groups is 1. The predicted octanol–water partition coefficient (Wildman–Crippen LogP) is 2.79. The van der Waals surface area contributed by atoms with Gasteiger partial charge in [0.2, 0.25) is 0 Å². The number of rotatable bonds is 2. The van der Waals surface area contributed by atoms with Gasteiger partial charge in [-0.25, -0.2) is 0 Å². The molecule has 0 spiro atoms. The van der Waals surface area contributed by atoms with E-state index in [-0.39, 0.29) is 11.9 Å². The Bertz CT molecular complexity index is 625. The van der Waals surface area contributed by atoms with Crippen molar-refractivity contribution in [3.8, 4) is 0 Å². The van der Waals surface area contributed by atoms with E-state index in [4.69, 9.17) is 11.6 Å². The first kappa shape index (κ1) is 12.7. The number of nitrogens with one attached hydrogen (secondary N) is 1. The zero-order valence-corrected chi connectivity index (χ0v) is 11.5. The summed E-state index contributed by atoms with van der Waals surface area (Å²) in [5.41, 5.74) is 2.06. The lowest BCUT2D eigenvalue weighted by atomic mass is 10.1. The van der Waals surface area contributed by atoms with Crippen molar-refractivity contribution in [2.75, 3.05) is 0 Å². The van der Waals surface area contributed by atoms with E-state index in [0.717, 1.165) is 11.1 Å². The molecule has 1 aliphatic carbocycles. The molecule has 0 saturated carbocycles. The summed E-state index contributed by atoms with van der Waals surface area (Å²) in [6, 6.07) is 9.09. The highest BCUT2D eigenvalue weighted by atomic mass is 35.5. The van der Waals surface area contributed by atoms with Gasteiger partial charge in [-0.3, -0.25) is 4.79 Å². The molecule has 0 fully saturated rings. The van der Waals surface area contributed by atoms with Crippen molar-refractivity contribution in [3.63, 3.8) is 0 Å². The van der Waals surface area contributed by atoms with Crippen LogP contribution in [0.25, 0.3) is 0 Å². The van der Waals surface area contributed by atoms with E-state index >= 15 is 0 Å². The Balaban J connectivity index is 1.84. The molecular formula is C14H12ClNO2S. The predicted molar refractivity (Wildman–Crippen MR) is 75.7 cm³/mol. The standard InChI is InChI=1S/C14H12ClNO2S/c15-10-5-6-19-13(10)14(18)16-12-9-4-2-1-3-8(9)7-11(12)17/h1-6,11-12,17H,7H2,(H,16,18)/t11-,12+/m1/s1. The third-order valence-corrected chi connectivity index (χ3v) is 4.65. The number of fused-ring (bicyclic) bond motifs is 1. The van der Waals surface area contributed by atoms with Gasteiger partial charge >= 0.3 is 0 Å². The third kappa shape index (κ3) is 2.27. The van der Waals surface area contributed by atoms with Crippen LogP contribution >= 0.6 is 22.9 Å². The van der Waals surface area contributed by atoms with Gasteiger partial charge in [0.15, 0.2) is 0 Å². The molecule has 2 aromatic rings. The van der Waals surface area contributed by atoms with Crippen LogP contribution in [-0.4, -0.2) is 17.1 Å². The summed E-state index contributed by atoms with van der Waals surface area (Å²) in [6.07, 6.45) is -0.0145. The number of hydrogen-bond donors (Lipinski definition) is 2. The van der Waals surface area contributed by atoms with E-state index in [1.165, 1.54) is 11.3 Å². The molecule has 3 nitrogen and oxygen atoms in total. The molecule has 2 N–H and O–H groups in total. The quantitative estimate of drug-likeness (QED) is 0.894. The number of amides is 1. The van der Waals surface area contributed by atoms with E-state index < -0.39 is 6.10 Å². The number of halogens is 1. The number of hydrogen-bond acceptors (Lipinski definition) is 3. The van der Waals surface area contributed by atoms with Gasteiger partial charge in [-0.1, -0.05) is 35.9 Å². The van der Waals surface area contributed by atoms with E-state index in [1.54, 1.807) is 11.4 Å². The second-order valence-electron chi connectivity index (χ2n) is 4.52. The first-order valence-corrected chi connectivity index (χ1v) is 7.22. The van der Waals surface area contributed by atoms with E-state index in [9.17, 15) is 9.90 Å². The first-order chi connectivity index (χ1) is 9.16. The molecule has 0 aliphatic heterocycles. The third-order valence-electron chi connectivity index (χ3n) is 3.31. The van der Waals surface area contributed by atoms with E-state index in [2.05, 4.69) is 5.32 Å². The van der Waals surface area contributed by atoms with Crippen LogP contribution in [0.3, 0.4) is 0 Å². The maximum atomic E-state index is 12.1. The topological polar surface area (TPSA) is 49.3 Å². The Hall–Kier alpha value is -1.36. The monoisotopic (exact) mass is 293 g/mol. The summed E-state index contributed by atoms with van der Waals surface area (Å²) < 4.78 is 0. The highest BCUT2D eigenvalue weighted by Crippen LogP contribution is 2.32. The lowest BCUT2D eigenvalue weighted by molar-refractivity contribution is 0.0862. The van der Waals surface area contributed by atoms with Gasteiger partial charge < -0.3 is 10.4 Å². The zero-order chi connectivity index (χ0) is 13.4. The van der Waals surface area contributed by atoms with Crippen LogP contribution in [0.2, 0.25) is 5.02 Å². The van der Waals surface area contributed by atoms with Gasteiger partial charge in [0.25, 0.3) is 5.91 Å². The van der Waals surface area contributed by atoms with Crippen molar-refractivity contribution in [2.24, 2.45) is 0 Å². The second kappa shape index (κ2) is 4.96. The van der Waals surface area contributed by atoms with Gasteiger partial charge in [0.05, 0.1) is 17.2 Å². The number of benzene rings is 1. The van der Waals surface area contributed by atoms with Crippen molar-refractivity contribution in [1.82, 2.24) is 5.32 Å². The minimum Gasteiger partial charge on any atom is -0.390 e. The van der Waals surface area contributed by atoms with E-state index in [0.29, 0.717) is 16.3 Å². The summed E-state index contributed by atoms with van der Waals surface area (Å²) in [7, 11) is 0. The van der Waals surface area contributed by atoms with Crippen molar-refractivity contribution < 1.29 is 9.90 Å². The van der Waals surface area contributed by atoms with Gasteiger partial charge in [0.1, 0.15) is 4.88 Å². The highest BCUT2D eigenvalue weighted by molar-refractivity contribution is 7.12. The highest BCUT2D eigenvalue weighted by Gasteiger charge is 2.32. The van der Waals surface area contributed by atoms with Gasteiger partial charge in [-0.2, -0.15) is 0 Å². The SMILES string of the molecule is O=C(N[C@H]1c2ccccc2C[C@H]1O)c1sccc1Cl. The molecule has 0 radical (unpaired) electrons. The van der Waals surface area contributed by atoms with Crippen LogP contribution in [0.5, 0.6) is 0 Å². The number of aliphatic hydroxyl groups excluding tert-OH is 1. The number of carbonyl (C=O) groups is 1. The molecule has 0 bridgehead atoms. The summed E-state index contributed by atoms with van der Waals surface area (Å²) in [6.45, 7) is 0. The normalized spacial score (nSPS) is 21.2. The fraction of sp³-hybridized carbons (Fsp3) is 0.214. The first-order valence-electron chi connectivity index (χ1n) is 5.96. The molecule has 0 unspecified atom stereocenters. The number of thiophene rings is 1. The smallest absolute Gasteiger partial charge is 0.263 e. The van der Waals surface area contributed by atoms with Crippen LogP contribution < -0.4 is 5.32 Å². The molecule has 19 heavy (non-hydrogen) atoms. The maximum Gasteiger partial charge on any atom is 0.263 e. The van der Waals surface area contributed by atoms with Crippen LogP contribution in [-0.2, 0) is 6.42 Å². The van der Waals surface area contributed by atoms with Gasteiger partial charge in [0, 0.05) is 6.42 Å². The summed E-state index contributed by atoms with van der Waals surface area (Å²) in [5.74, 6) is -0.235. The molecule has 98 valence electrons. The van der Waals surface area contributed by atoms with Crippen molar-refractivity contribution in [1.29, 1.82) is 0 Å². The van der Waals surface area contributed by atoms with Crippen LogP contribution in [0, 0.1) is 0 Å². The van der Waals surface area contributed by atoms with Crippen molar-refractivity contribution >= 4 is 28.8 Å². The Kier molecular flexibility index (Phi) is 3.31. The average molecular weight is 294 g/mol. The van der Waals surface area contributed by atoms with Gasteiger partial charge in [-0.05, 0) is 22.6 Å². The van der Waals surface area contributed by atoms with Crippen LogP contribution in [0.4, 0.5) is 0 Å². The minimum atomic E-state index is -0.583. The Morgan fingerprint density at radius 1 is 1.37 bits per heavy atom. The van der Waals surface area contributed by atoms with Gasteiger partial charge in [-0.15, -0.1) is 11.3 Å². The molecular weight excluding hydrogens is 282 g/mol. The fourth-order valence-corrected chi connectivity index (χ4v) is 3.45. The summed E-state index contributed by atoms with van der Waals surface area (Å²) in [5, 5.41) is 15.2. The molecule has 1 aliphatic rings. The molecule has 1 aromatic carbocycles. The Morgan fingerprint density at radius 2 is 2.16 bits per heavy atom. The zero-order valence-electron chi connectivity index (χ0n) is 9.97. The maximum absolute atomic E-state index is 12.1. The Labute approximate surface area is 119 Å². The summed E-state index contributed by atoms with van der Waals surface area (Å²) in [4.78, 5) is 12.6. The molecule has 3 rings (SSSR count). The molecule has 1 aromatic heterocycles. The van der Waals surface area contributed by atoms with E-state index in [1.807, 2.05) is 24.3 Å². The Morgan fingerprint density at radius 3 is 2.89 bits per heavy atom. The second-order valence-corrected chi connectivity index (χ2v) is 5.84. The molecule has 5 heteroatoms. The molecule has 0 saturated heterocycles. The molecule has 1 amide bonds. The fourth-order valence-electron chi connectivity index (χ4n) is 2.41. The van der Waals surface area contributed by atoms with Crippen molar-refractivity contribution in [2.45, 2.75) is 18.6 Å². The largest absolute Gasteiger partial charge is 0.390 e. The minimum absolute atomic E-state index is 0.235. The molecule has 1 heterocycles. The number of carbonyl (C=O) groups excluding carboxylic acids is 1. The van der Waals surface area contributed by atoms with Crippen LogP contribution in [0.1, 0.15) is 26.8 Å². The lowest BCUT2D eigenvalue weighted by Crippen LogP contribution is -2.33. The average Bonchev–Trinajstić information content (AvgIpc) is 2.94. The van der Waals surface area contributed by atoms with Crippen LogP contribution in [0.15, 0.2) is 35.7 Å². The lowest BCUT2D eigenvalue weighted by Gasteiger charge is -2.17.